The molecule has 4 aromatic rings. The molecule has 4 rings (SSSR count). The Labute approximate surface area is 155 Å². The van der Waals surface area contributed by atoms with Gasteiger partial charge >= 0.3 is 0 Å². The maximum atomic E-state index is 2.45. The molecule has 2 heterocycles. The fourth-order valence-corrected chi connectivity index (χ4v) is 3.93. The van der Waals surface area contributed by atoms with Crippen LogP contribution in [0, 0.1) is 0 Å². The largest absolute Gasteiger partial charge is 0.287 e. The first-order chi connectivity index (χ1) is 12.4. The zero-order valence-electron chi connectivity index (χ0n) is 16.3. The predicted molar refractivity (Wildman–Crippen MR) is 110 cm³/mol. The molecular formula is C24H27N2+. The minimum atomic E-state index is 0.0725. The zero-order valence-corrected chi connectivity index (χ0v) is 16.3. The summed E-state index contributed by atoms with van der Waals surface area (Å²) in [6.45, 7) is 11.4. The van der Waals surface area contributed by atoms with E-state index in [1.165, 1.54) is 33.2 Å². The van der Waals surface area contributed by atoms with Crippen molar-refractivity contribution >= 4 is 21.8 Å². The molecule has 0 aliphatic carbocycles. The maximum Gasteiger partial charge on any atom is 0.287 e. The molecule has 0 N–H and O–H groups in total. The highest BCUT2D eigenvalue weighted by Gasteiger charge is 2.28. The lowest BCUT2D eigenvalue weighted by Crippen LogP contribution is -2.40. The Morgan fingerprint density at radius 2 is 1.50 bits per heavy atom. The molecule has 0 saturated carbocycles. The van der Waals surface area contributed by atoms with Crippen LogP contribution < -0.4 is 4.57 Å². The molecule has 0 unspecified atom stereocenters. The number of aromatic nitrogens is 2. The molecule has 0 aliphatic rings. The Kier molecular flexibility index (Phi) is 3.87. The Morgan fingerprint density at radius 1 is 0.808 bits per heavy atom. The predicted octanol–water partition coefficient (Wildman–Crippen LogP) is 5.95. The van der Waals surface area contributed by atoms with Crippen LogP contribution in [0.3, 0.4) is 0 Å². The Morgan fingerprint density at radius 3 is 2.23 bits per heavy atom. The molecule has 0 amide bonds. The van der Waals surface area contributed by atoms with Gasteiger partial charge in [0.15, 0.2) is 0 Å². The average Bonchev–Trinajstić information content (AvgIpc) is 2.95. The summed E-state index contributed by atoms with van der Waals surface area (Å²) in [5, 5.41) is 2.64. The fourth-order valence-electron chi connectivity index (χ4n) is 3.93. The summed E-state index contributed by atoms with van der Waals surface area (Å²) in [5.41, 5.74) is 4.04. The molecule has 0 spiro atoms. The van der Waals surface area contributed by atoms with Crippen LogP contribution >= 0.6 is 0 Å². The van der Waals surface area contributed by atoms with Crippen LogP contribution in [0.1, 0.15) is 46.2 Å². The van der Waals surface area contributed by atoms with Gasteiger partial charge < -0.3 is 0 Å². The highest BCUT2D eigenvalue weighted by Crippen LogP contribution is 2.37. The summed E-state index contributed by atoms with van der Waals surface area (Å²) in [5.74, 6) is 1.21. The van der Waals surface area contributed by atoms with E-state index in [-0.39, 0.29) is 5.41 Å². The molecule has 0 fully saturated rings. The van der Waals surface area contributed by atoms with Crippen LogP contribution in [0.4, 0.5) is 0 Å². The van der Waals surface area contributed by atoms with Crippen LogP contribution in [-0.2, 0) is 5.41 Å². The van der Waals surface area contributed by atoms with Crippen LogP contribution in [0.2, 0.25) is 0 Å². The first-order valence-electron chi connectivity index (χ1n) is 9.43. The van der Waals surface area contributed by atoms with E-state index in [0.717, 1.165) is 0 Å². The number of hydrogen-bond acceptors (Lipinski definition) is 0. The smallest absolute Gasteiger partial charge is 0.232 e. The van der Waals surface area contributed by atoms with Crippen molar-refractivity contribution in [2.24, 2.45) is 0 Å². The molecule has 0 radical (unpaired) electrons. The first-order valence-corrected chi connectivity index (χ1v) is 9.43. The highest BCUT2D eigenvalue weighted by molar-refractivity contribution is 6.10. The minimum absolute atomic E-state index is 0.0725. The average molecular weight is 343 g/mol. The third kappa shape index (κ3) is 2.52. The summed E-state index contributed by atoms with van der Waals surface area (Å²) >= 11 is 0. The topological polar surface area (TPSA) is 8.81 Å². The molecule has 0 bridgehead atoms. The van der Waals surface area contributed by atoms with E-state index < -0.39 is 0 Å². The maximum absolute atomic E-state index is 2.45. The van der Waals surface area contributed by atoms with Gasteiger partial charge in [0.25, 0.3) is 5.82 Å². The lowest BCUT2D eigenvalue weighted by molar-refractivity contribution is -0.710. The van der Waals surface area contributed by atoms with Crippen LogP contribution in [0.15, 0.2) is 66.9 Å². The number of hydrogen-bond donors (Lipinski definition) is 0. The van der Waals surface area contributed by atoms with Gasteiger partial charge in [-0.1, -0.05) is 51.1 Å². The van der Waals surface area contributed by atoms with Gasteiger partial charge in [-0.05, 0) is 43.5 Å². The van der Waals surface area contributed by atoms with E-state index in [0.29, 0.717) is 6.04 Å². The highest BCUT2D eigenvalue weighted by atomic mass is 15.2. The Balaban J connectivity index is 2.25. The lowest BCUT2D eigenvalue weighted by Gasteiger charge is -2.20. The number of fused-ring (bicyclic) bond motifs is 3. The van der Waals surface area contributed by atoms with Crippen molar-refractivity contribution in [3.8, 4) is 5.82 Å². The number of para-hydroxylation sites is 2. The molecular weight excluding hydrogens is 316 g/mol. The van der Waals surface area contributed by atoms with Gasteiger partial charge in [-0.15, -0.1) is 0 Å². The summed E-state index contributed by atoms with van der Waals surface area (Å²) in [4.78, 5) is 0. The van der Waals surface area contributed by atoms with Gasteiger partial charge in [0.2, 0.25) is 0 Å². The van der Waals surface area contributed by atoms with Crippen molar-refractivity contribution in [3.63, 3.8) is 0 Å². The van der Waals surface area contributed by atoms with Gasteiger partial charge in [-0.3, -0.25) is 0 Å². The van der Waals surface area contributed by atoms with E-state index >= 15 is 0 Å². The van der Waals surface area contributed by atoms with Gasteiger partial charge in [-0.25, -0.2) is 4.57 Å². The number of benzene rings is 2. The molecule has 2 nitrogen and oxygen atoms in total. The van der Waals surface area contributed by atoms with Crippen molar-refractivity contribution in [1.82, 2.24) is 4.57 Å². The van der Waals surface area contributed by atoms with Gasteiger partial charge in [0.05, 0.1) is 12.2 Å². The van der Waals surface area contributed by atoms with E-state index in [9.17, 15) is 0 Å². The SMILES string of the molecule is CC(C)[n+]1ccccc1-n1c2ccccc2c2cccc(C(C)(C)C)c21. The van der Waals surface area contributed by atoms with Crippen molar-refractivity contribution in [1.29, 1.82) is 0 Å². The van der Waals surface area contributed by atoms with E-state index in [1.807, 2.05) is 0 Å². The molecule has 0 atom stereocenters. The summed E-state index contributed by atoms with van der Waals surface area (Å²) in [6.07, 6.45) is 2.18. The Hall–Kier alpha value is -2.61. The monoisotopic (exact) mass is 343 g/mol. The van der Waals surface area contributed by atoms with E-state index in [1.54, 1.807) is 0 Å². The van der Waals surface area contributed by atoms with Crippen molar-refractivity contribution < 1.29 is 4.57 Å². The minimum Gasteiger partial charge on any atom is -0.232 e. The second-order valence-corrected chi connectivity index (χ2v) is 8.36. The second-order valence-electron chi connectivity index (χ2n) is 8.36. The zero-order chi connectivity index (χ0) is 18.5. The van der Waals surface area contributed by atoms with Crippen LogP contribution in [0.5, 0.6) is 0 Å². The normalized spacial score (nSPS) is 12.4. The van der Waals surface area contributed by atoms with E-state index in [4.69, 9.17) is 0 Å². The van der Waals surface area contributed by atoms with Crippen LogP contribution in [-0.4, -0.2) is 4.57 Å². The first kappa shape index (κ1) is 16.8. The third-order valence-electron chi connectivity index (χ3n) is 5.16. The number of nitrogens with zero attached hydrogens (tertiary/aromatic N) is 2. The molecule has 2 heteroatoms. The molecule has 0 saturated heterocycles. The third-order valence-corrected chi connectivity index (χ3v) is 5.16. The van der Waals surface area contributed by atoms with Crippen molar-refractivity contribution in [2.45, 2.75) is 46.1 Å². The molecule has 132 valence electrons. The quantitative estimate of drug-likeness (QED) is 0.398. The fraction of sp³-hybridized carbons (Fsp3) is 0.292. The van der Waals surface area contributed by atoms with E-state index in [2.05, 4.69) is 111 Å². The summed E-state index contributed by atoms with van der Waals surface area (Å²) < 4.78 is 4.80. The summed E-state index contributed by atoms with van der Waals surface area (Å²) in [6, 6.07) is 22.3. The molecule has 0 aliphatic heterocycles. The molecule has 26 heavy (non-hydrogen) atoms. The standard InChI is InChI=1S/C24H27N2/c1-17(2)25-16-9-8-15-22(25)26-21-14-7-6-11-18(21)19-12-10-13-20(23(19)26)24(3,4)5/h6-17H,1-5H3/q+1. The van der Waals surface area contributed by atoms with Crippen LogP contribution in [0.25, 0.3) is 27.6 Å². The Bertz CT molecular complexity index is 1090. The van der Waals surface area contributed by atoms with Crippen molar-refractivity contribution in [3.05, 3.63) is 72.4 Å². The van der Waals surface area contributed by atoms with Gasteiger partial charge in [-0.2, -0.15) is 4.57 Å². The number of rotatable bonds is 2. The summed E-state index contributed by atoms with van der Waals surface area (Å²) in [7, 11) is 0. The molecule has 2 aromatic heterocycles. The van der Waals surface area contributed by atoms with Gasteiger partial charge in [0, 0.05) is 22.4 Å². The van der Waals surface area contributed by atoms with Gasteiger partial charge in [0.1, 0.15) is 11.0 Å². The number of pyridine rings is 1. The lowest BCUT2D eigenvalue weighted by atomic mass is 9.85. The van der Waals surface area contributed by atoms with Crippen molar-refractivity contribution in [2.75, 3.05) is 0 Å². The second kappa shape index (κ2) is 5.98. The molecule has 2 aromatic carbocycles.